The van der Waals surface area contributed by atoms with Crippen molar-refractivity contribution in [1.29, 1.82) is 0 Å². The monoisotopic (exact) mass is 939 g/mol. The molecule has 0 aromatic carbocycles. The van der Waals surface area contributed by atoms with Crippen LogP contribution in [0.3, 0.4) is 0 Å². The number of nitrogens with one attached hydrogen (secondary N) is 1. The minimum absolute atomic E-state index is 0.0693. The van der Waals surface area contributed by atoms with E-state index in [0.717, 1.165) is 38.7 Å². The topological polar surface area (TPSA) is 323 Å². The van der Waals surface area contributed by atoms with Crippen LogP contribution in [0.15, 0.2) is 27.0 Å². The largest absolute Gasteiger partial charge is 0.509 e. The molecule has 2 aliphatic rings. The summed E-state index contributed by atoms with van der Waals surface area (Å²) < 4.78 is 45.6. The first-order valence-corrected chi connectivity index (χ1v) is 20.8. The molecule has 3 N–H and O–H groups in total. The first-order valence-electron chi connectivity index (χ1n) is 19.1. The number of anilines is 1. The lowest BCUT2D eigenvalue weighted by molar-refractivity contribution is -0.158. The fourth-order valence-electron chi connectivity index (χ4n) is 6.04. The number of hydrogen-bond acceptors (Lipinski definition) is 24. The normalized spacial score (nSPS) is 22.9. The van der Waals surface area contributed by atoms with E-state index in [1.807, 2.05) is 0 Å². The first kappa shape index (κ1) is 48.8. The molecule has 0 saturated carbocycles. The molecule has 8 atom stereocenters. The average molecular weight is 940 g/mol. The Morgan fingerprint density at radius 3 is 1.92 bits per heavy atom. The molecule has 6 rings (SSSR count). The Bertz CT molecular complexity index is 2470. The Morgan fingerprint density at radius 1 is 0.844 bits per heavy atom. The molecule has 0 aliphatic carbocycles. The standard InChI is InChI=1S/C19H22N4O10S.C17H23N5O7S/c1-8(2)30-19(28)33-14-13(31-10(4)26)11(6-29-9(3)25)32-16(14)23-15-12(34-18(23)27)5-20-17(22-15)21-7-24;1-8(2)27-17(26)29-12-11(24)9(6-23)28-14(12)22-13-10(30-16(22)25)5-18-15(20-13)19-7-21(3)4/h5,7-8,11,13-14,16H,6H2,1-4H3,(H,20,21,22,24);5,7-9,11-12,14,23-24H,6H2,1-4H3/t11-,13+,14-,16-;9-,11+,12-,14-/m11/s1. The third-order valence-corrected chi connectivity index (χ3v) is 10.2. The number of carbonyl (C=O) groups is 5. The third kappa shape index (κ3) is 11.9. The number of ether oxygens (including phenoxy) is 8. The van der Waals surface area contributed by atoms with Gasteiger partial charge in [0.05, 0.1) is 46.9 Å². The van der Waals surface area contributed by atoms with Crippen molar-refractivity contribution < 1.29 is 72.1 Å². The highest BCUT2D eigenvalue weighted by Gasteiger charge is 2.52. The van der Waals surface area contributed by atoms with Gasteiger partial charge >= 0.3 is 34.0 Å². The highest BCUT2D eigenvalue weighted by atomic mass is 32.1. The molecule has 2 aliphatic heterocycles. The van der Waals surface area contributed by atoms with Crippen molar-refractivity contribution in [3.63, 3.8) is 0 Å². The van der Waals surface area contributed by atoms with E-state index in [9.17, 15) is 43.8 Å². The number of rotatable bonds is 14. The number of carbonyl (C=O) groups excluding carboxylic acids is 5. The maximum atomic E-state index is 12.9. The van der Waals surface area contributed by atoms with Gasteiger partial charge < -0.3 is 53.0 Å². The third-order valence-electron chi connectivity index (χ3n) is 8.46. The van der Waals surface area contributed by atoms with Crippen LogP contribution in [0.5, 0.6) is 0 Å². The number of nitrogens with zero attached hydrogens (tertiary/aromatic N) is 8. The number of esters is 2. The van der Waals surface area contributed by atoms with Crippen molar-refractivity contribution in [2.24, 2.45) is 4.99 Å². The molecule has 0 radical (unpaired) electrons. The summed E-state index contributed by atoms with van der Waals surface area (Å²) in [7, 11) is 3.56. The fourth-order valence-corrected chi connectivity index (χ4v) is 7.67. The van der Waals surface area contributed by atoms with E-state index in [-0.39, 0.29) is 29.8 Å². The second-order valence-electron chi connectivity index (χ2n) is 14.4. The maximum absolute atomic E-state index is 12.9. The Kier molecular flexibility index (Phi) is 16.4. The second-order valence-corrected chi connectivity index (χ2v) is 16.4. The van der Waals surface area contributed by atoms with E-state index in [1.54, 1.807) is 46.7 Å². The molecule has 28 heteroatoms. The molecule has 26 nitrogen and oxygen atoms in total. The molecule has 4 aromatic rings. The highest BCUT2D eigenvalue weighted by molar-refractivity contribution is 7.16. The summed E-state index contributed by atoms with van der Waals surface area (Å²) in [4.78, 5) is 105. The molecule has 348 valence electrons. The maximum Gasteiger partial charge on any atom is 0.509 e. The molecule has 4 aromatic heterocycles. The van der Waals surface area contributed by atoms with Gasteiger partial charge in [-0.15, -0.1) is 0 Å². The lowest BCUT2D eigenvalue weighted by Crippen LogP contribution is -2.41. The molecular weight excluding hydrogens is 895 g/mol. The van der Waals surface area contributed by atoms with Gasteiger partial charge in [-0.2, -0.15) is 9.97 Å². The lowest BCUT2D eigenvalue weighted by atomic mass is 10.1. The van der Waals surface area contributed by atoms with Crippen LogP contribution in [-0.2, 0) is 52.3 Å². The van der Waals surface area contributed by atoms with E-state index in [1.165, 1.54) is 25.7 Å². The molecule has 2 saturated heterocycles. The van der Waals surface area contributed by atoms with Crippen molar-refractivity contribution in [1.82, 2.24) is 34.0 Å². The van der Waals surface area contributed by atoms with Gasteiger partial charge in [0, 0.05) is 27.9 Å². The average Bonchev–Trinajstić information content (AvgIpc) is 3.91. The number of aromatic nitrogens is 6. The summed E-state index contributed by atoms with van der Waals surface area (Å²) in [6, 6.07) is 0. The molecule has 0 spiro atoms. The van der Waals surface area contributed by atoms with E-state index >= 15 is 0 Å². The predicted molar refractivity (Wildman–Crippen MR) is 221 cm³/mol. The smallest absolute Gasteiger partial charge is 0.463 e. The van der Waals surface area contributed by atoms with E-state index in [2.05, 4.69) is 30.2 Å². The second kappa shape index (κ2) is 21.5. The van der Waals surface area contributed by atoms with Crippen LogP contribution < -0.4 is 15.1 Å². The van der Waals surface area contributed by atoms with Crippen LogP contribution in [0.2, 0.25) is 0 Å². The van der Waals surface area contributed by atoms with E-state index in [0.29, 0.717) is 15.8 Å². The van der Waals surface area contributed by atoms with E-state index < -0.39 is 102 Å². The summed E-state index contributed by atoms with van der Waals surface area (Å²) >= 11 is 1.64. The zero-order valence-electron chi connectivity index (χ0n) is 35.4. The Morgan fingerprint density at radius 2 is 1.39 bits per heavy atom. The van der Waals surface area contributed by atoms with Gasteiger partial charge in [0.2, 0.25) is 12.4 Å². The van der Waals surface area contributed by atoms with Crippen molar-refractivity contribution in [2.45, 2.75) is 103 Å². The number of aliphatic imine (C=N–C) groups is 1. The van der Waals surface area contributed by atoms with Gasteiger partial charge in [0.1, 0.15) is 24.9 Å². The number of thiazole rings is 2. The van der Waals surface area contributed by atoms with Crippen molar-refractivity contribution >= 4 is 92.3 Å². The zero-order valence-corrected chi connectivity index (χ0v) is 37.0. The molecule has 6 heterocycles. The summed E-state index contributed by atoms with van der Waals surface area (Å²) in [5.74, 6) is -1.33. The number of aliphatic hydroxyl groups is 2. The summed E-state index contributed by atoms with van der Waals surface area (Å²) in [5, 5.41) is 22.3. The number of aliphatic hydroxyl groups excluding tert-OH is 2. The van der Waals surface area contributed by atoms with Crippen molar-refractivity contribution in [3.8, 4) is 0 Å². The molecule has 0 unspecified atom stereocenters. The van der Waals surface area contributed by atoms with Crippen LogP contribution in [-0.4, -0.2) is 157 Å². The molecule has 1 amide bonds. The predicted octanol–water partition coefficient (Wildman–Crippen LogP) is 0.999. The SMILES string of the molecule is CC(=O)OC[C@H]1O[C@@H](n2c(=O)sc3cnc(NC=O)nc32)[C@H](OC(=O)OC(C)C)[C@H]1OC(C)=O.CC(C)OC(=O)O[C@@H]1[C@@H](O)[C@@H](CO)O[C@H]1n1c(=O)sc2cnc(N=CN(C)C)nc21. The Labute approximate surface area is 369 Å². The van der Waals surface area contributed by atoms with Crippen LogP contribution in [0.25, 0.3) is 20.7 Å². The van der Waals surface area contributed by atoms with Crippen molar-refractivity contribution in [3.05, 3.63) is 31.7 Å². The van der Waals surface area contributed by atoms with Gasteiger partial charge in [-0.3, -0.25) is 38.4 Å². The zero-order chi connectivity index (χ0) is 47.0. The quantitative estimate of drug-likeness (QED) is 0.0522. The molecule has 2 fully saturated rings. The summed E-state index contributed by atoms with van der Waals surface area (Å²) in [5.41, 5.74) is 0.271. The Hall–Kier alpha value is -6.20. The first-order chi connectivity index (χ1) is 30.3. The number of hydrogen-bond donors (Lipinski definition) is 3. The van der Waals surface area contributed by atoms with Crippen molar-refractivity contribution in [2.75, 3.05) is 32.6 Å². The minimum atomic E-state index is -1.38. The summed E-state index contributed by atoms with van der Waals surface area (Å²) in [6.07, 6.45) is -8.47. The van der Waals surface area contributed by atoms with Gasteiger partial charge in [-0.1, -0.05) is 22.7 Å². The van der Waals surface area contributed by atoms with Crippen LogP contribution >= 0.6 is 22.7 Å². The van der Waals surface area contributed by atoms with Crippen LogP contribution in [0, 0.1) is 0 Å². The number of amides is 1. The van der Waals surface area contributed by atoms with Crippen LogP contribution in [0.4, 0.5) is 21.5 Å². The highest BCUT2D eigenvalue weighted by Crippen LogP contribution is 2.37. The molecule has 64 heavy (non-hydrogen) atoms. The Balaban J connectivity index is 0.000000243. The lowest BCUT2D eigenvalue weighted by Gasteiger charge is -2.24. The minimum Gasteiger partial charge on any atom is -0.463 e. The van der Waals surface area contributed by atoms with E-state index in [4.69, 9.17) is 37.9 Å². The van der Waals surface area contributed by atoms with Gasteiger partial charge in [0.25, 0.3) is 5.95 Å². The molecular formula is C36H45N9O17S2. The molecule has 0 bridgehead atoms. The van der Waals surface area contributed by atoms with Gasteiger partial charge in [-0.25, -0.2) is 24.5 Å². The number of fused-ring (bicyclic) bond motifs is 2. The van der Waals surface area contributed by atoms with Crippen LogP contribution in [0.1, 0.15) is 54.0 Å². The summed E-state index contributed by atoms with van der Waals surface area (Å²) in [6.45, 7) is 7.90. The van der Waals surface area contributed by atoms with Gasteiger partial charge in [-0.05, 0) is 27.7 Å². The van der Waals surface area contributed by atoms with Gasteiger partial charge in [0.15, 0.2) is 42.1 Å². The fraction of sp³-hybridized carbons (Fsp3) is 0.556.